The van der Waals surface area contributed by atoms with Crippen LogP contribution in [0.4, 0.5) is 0 Å². The Kier molecular flexibility index (Phi) is 46.6. The first-order chi connectivity index (χ1) is 29.7. The lowest BCUT2D eigenvalue weighted by atomic mass is 10.0. The number of unbranched alkanes of at least 4 members (excludes halogenated alkanes) is 34. The first kappa shape index (κ1) is 59.4. The molecule has 362 valence electrons. The van der Waals surface area contributed by atoms with Crippen molar-refractivity contribution in [2.75, 3.05) is 13.2 Å². The van der Waals surface area contributed by atoms with Gasteiger partial charge in [-0.2, -0.15) is 0 Å². The van der Waals surface area contributed by atoms with Gasteiger partial charge in [-0.3, -0.25) is 14.4 Å². The van der Waals surface area contributed by atoms with Crippen LogP contribution in [0, 0.1) is 11.8 Å². The topological polar surface area (TPSA) is 78.9 Å². The smallest absolute Gasteiger partial charge is 0.306 e. The molecule has 0 saturated heterocycles. The highest BCUT2D eigenvalue weighted by molar-refractivity contribution is 5.71. The molecule has 6 nitrogen and oxygen atoms in total. The number of esters is 3. The minimum absolute atomic E-state index is 0.0643. The van der Waals surface area contributed by atoms with E-state index in [9.17, 15) is 14.4 Å². The molecular weight excluding hydrogens is 757 g/mol. The second kappa shape index (κ2) is 47.9. The van der Waals surface area contributed by atoms with Crippen LogP contribution in [-0.4, -0.2) is 37.2 Å². The van der Waals surface area contributed by atoms with E-state index in [1.807, 2.05) is 0 Å². The molecule has 0 fully saturated rings. The summed E-state index contributed by atoms with van der Waals surface area (Å²) >= 11 is 0. The van der Waals surface area contributed by atoms with Gasteiger partial charge in [0, 0.05) is 19.3 Å². The minimum Gasteiger partial charge on any atom is -0.462 e. The number of hydrogen-bond acceptors (Lipinski definition) is 6. The Morgan fingerprint density at radius 1 is 0.311 bits per heavy atom. The van der Waals surface area contributed by atoms with Gasteiger partial charge in [0.05, 0.1) is 0 Å². The minimum atomic E-state index is -0.762. The number of ether oxygens (including phenoxy) is 3. The van der Waals surface area contributed by atoms with Crippen LogP contribution in [0.1, 0.15) is 304 Å². The summed E-state index contributed by atoms with van der Waals surface area (Å²) in [5.74, 6) is 0.747. The Labute approximate surface area is 380 Å². The Hall–Kier alpha value is -1.59. The fourth-order valence-electron chi connectivity index (χ4n) is 8.34. The average molecular weight is 863 g/mol. The summed E-state index contributed by atoms with van der Waals surface area (Å²) in [6.07, 6.45) is 49.7. The molecule has 0 heterocycles. The van der Waals surface area contributed by atoms with Gasteiger partial charge in [-0.25, -0.2) is 0 Å². The summed E-state index contributed by atoms with van der Waals surface area (Å²) in [5, 5.41) is 0. The van der Waals surface area contributed by atoms with Crippen LogP contribution in [-0.2, 0) is 28.6 Å². The molecule has 1 atom stereocenters. The maximum Gasteiger partial charge on any atom is 0.306 e. The van der Waals surface area contributed by atoms with Crippen molar-refractivity contribution >= 4 is 17.9 Å². The van der Waals surface area contributed by atoms with Gasteiger partial charge in [0.1, 0.15) is 13.2 Å². The molecule has 0 aromatic carbocycles. The highest BCUT2D eigenvalue weighted by Gasteiger charge is 2.19. The standard InChI is InChI=1S/C55H106O6/c1-6-7-8-9-10-11-12-13-14-15-16-17-18-19-24-27-30-37-42-47-55(58)61-52(49-60-54(57)46-41-36-32-31-34-39-44-51(4)5)48-59-53(56)45-40-35-29-26-23-21-20-22-25-28-33-38-43-50(2)3/h50-52H,6-49H2,1-5H3/t52-/m0/s1. The van der Waals surface area contributed by atoms with Crippen LogP contribution < -0.4 is 0 Å². The van der Waals surface area contributed by atoms with Crippen molar-refractivity contribution in [3.63, 3.8) is 0 Å². The van der Waals surface area contributed by atoms with E-state index in [1.165, 1.54) is 193 Å². The first-order valence-corrected chi connectivity index (χ1v) is 27.2. The number of rotatable bonds is 49. The molecule has 61 heavy (non-hydrogen) atoms. The number of carbonyl (C=O) groups excluding carboxylic acids is 3. The third-order valence-corrected chi connectivity index (χ3v) is 12.5. The second-order valence-corrected chi connectivity index (χ2v) is 19.8. The Balaban J connectivity index is 4.23. The number of carbonyl (C=O) groups is 3. The molecule has 0 aromatic heterocycles. The predicted molar refractivity (Wildman–Crippen MR) is 261 cm³/mol. The Morgan fingerprint density at radius 3 is 0.803 bits per heavy atom. The molecule has 0 N–H and O–H groups in total. The summed E-state index contributed by atoms with van der Waals surface area (Å²) in [6, 6.07) is 0. The van der Waals surface area contributed by atoms with E-state index in [1.54, 1.807) is 0 Å². The molecule has 0 aromatic rings. The molecule has 0 bridgehead atoms. The van der Waals surface area contributed by atoms with Crippen molar-refractivity contribution in [2.24, 2.45) is 11.8 Å². The van der Waals surface area contributed by atoms with Crippen molar-refractivity contribution in [3.8, 4) is 0 Å². The monoisotopic (exact) mass is 863 g/mol. The lowest BCUT2D eigenvalue weighted by Gasteiger charge is -2.18. The van der Waals surface area contributed by atoms with E-state index < -0.39 is 6.10 Å². The third-order valence-electron chi connectivity index (χ3n) is 12.5. The van der Waals surface area contributed by atoms with Gasteiger partial charge >= 0.3 is 17.9 Å². The van der Waals surface area contributed by atoms with Gasteiger partial charge in [0.25, 0.3) is 0 Å². The van der Waals surface area contributed by atoms with Crippen molar-refractivity contribution < 1.29 is 28.6 Å². The summed E-state index contributed by atoms with van der Waals surface area (Å²) in [6.45, 7) is 11.3. The van der Waals surface area contributed by atoms with Crippen LogP contribution >= 0.6 is 0 Å². The van der Waals surface area contributed by atoms with Gasteiger partial charge in [-0.15, -0.1) is 0 Å². The zero-order chi connectivity index (χ0) is 44.7. The van der Waals surface area contributed by atoms with Gasteiger partial charge in [0.15, 0.2) is 6.10 Å². The fraction of sp³-hybridized carbons (Fsp3) is 0.945. The van der Waals surface area contributed by atoms with Crippen LogP contribution in [0.2, 0.25) is 0 Å². The normalized spacial score (nSPS) is 12.0. The van der Waals surface area contributed by atoms with E-state index in [-0.39, 0.29) is 31.1 Å². The Morgan fingerprint density at radius 2 is 0.541 bits per heavy atom. The van der Waals surface area contributed by atoms with Crippen molar-refractivity contribution in [1.29, 1.82) is 0 Å². The maximum atomic E-state index is 12.8. The van der Waals surface area contributed by atoms with Crippen LogP contribution in [0.3, 0.4) is 0 Å². The highest BCUT2D eigenvalue weighted by atomic mass is 16.6. The molecule has 0 unspecified atom stereocenters. The fourth-order valence-corrected chi connectivity index (χ4v) is 8.34. The molecule has 6 heteroatoms. The van der Waals surface area contributed by atoms with Gasteiger partial charge in [0.2, 0.25) is 0 Å². The van der Waals surface area contributed by atoms with Crippen molar-refractivity contribution in [2.45, 2.75) is 310 Å². The molecule has 0 rings (SSSR count). The molecule has 0 radical (unpaired) electrons. The SMILES string of the molecule is CCCCCCCCCCCCCCCCCCCCCC(=O)O[C@@H](COC(=O)CCCCCCCCCCCCCCC(C)C)COC(=O)CCCCCCCCC(C)C. The van der Waals surface area contributed by atoms with Gasteiger partial charge in [-0.05, 0) is 31.1 Å². The molecule has 0 aliphatic rings. The molecule has 0 amide bonds. The van der Waals surface area contributed by atoms with E-state index in [4.69, 9.17) is 14.2 Å². The maximum absolute atomic E-state index is 12.8. The van der Waals surface area contributed by atoms with Crippen molar-refractivity contribution in [3.05, 3.63) is 0 Å². The molecule has 0 aliphatic heterocycles. The third kappa shape index (κ3) is 49.3. The summed E-state index contributed by atoms with van der Waals surface area (Å²) < 4.78 is 16.8. The molecule has 0 saturated carbocycles. The zero-order valence-corrected chi connectivity index (χ0v) is 41.8. The first-order valence-electron chi connectivity index (χ1n) is 27.2. The van der Waals surface area contributed by atoms with E-state index >= 15 is 0 Å². The van der Waals surface area contributed by atoms with E-state index in [2.05, 4.69) is 34.6 Å². The summed E-state index contributed by atoms with van der Waals surface area (Å²) in [7, 11) is 0. The number of hydrogen-bond donors (Lipinski definition) is 0. The van der Waals surface area contributed by atoms with E-state index in [0.717, 1.165) is 69.6 Å². The van der Waals surface area contributed by atoms with Gasteiger partial charge < -0.3 is 14.2 Å². The largest absolute Gasteiger partial charge is 0.462 e. The zero-order valence-electron chi connectivity index (χ0n) is 41.8. The van der Waals surface area contributed by atoms with Crippen molar-refractivity contribution in [1.82, 2.24) is 0 Å². The Bertz CT molecular complexity index is 931. The molecular formula is C55H106O6. The summed E-state index contributed by atoms with van der Waals surface area (Å²) in [5.41, 5.74) is 0. The second-order valence-electron chi connectivity index (χ2n) is 19.8. The van der Waals surface area contributed by atoms with Crippen LogP contribution in [0.25, 0.3) is 0 Å². The highest BCUT2D eigenvalue weighted by Crippen LogP contribution is 2.18. The molecule has 0 aliphatic carbocycles. The average Bonchev–Trinajstić information content (AvgIpc) is 3.23. The quantitative estimate of drug-likeness (QED) is 0.0344. The van der Waals surface area contributed by atoms with Crippen LogP contribution in [0.15, 0.2) is 0 Å². The lowest BCUT2D eigenvalue weighted by Crippen LogP contribution is -2.30. The van der Waals surface area contributed by atoms with E-state index in [0.29, 0.717) is 19.3 Å². The van der Waals surface area contributed by atoms with Gasteiger partial charge in [-0.1, -0.05) is 266 Å². The predicted octanol–water partition coefficient (Wildman–Crippen LogP) is 17.7. The lowest BCUT2D eigenvalue weighted by molar-refractivity contribution is -0.167. The molecule has 0 spiro atoms. The van der Waals surface area contributed by atoms with Crippen LogP contribution in [0.5, 0.6) is 0 Å². The summed E-state index contributed by atoms with van der Waals surface area (Å²) in [4.78, 5) is 37.9.